The average molecular weight is 318 g/mol. The van der Waals surface area contributed by atoms with Crippen LogP contribution in [0.1, 0.15) is 82.2 Å². The SMILES string of the molecule is CCCCCCCCCCc1cccc2sc(CCC)nc12. The van der Waals surface area contributed by atoms with Gasteiger partial charge in [-0.2, -0.15) is 0 Å². The van der Waals surface area contributed by atoms with E-state index in [1.165, 1.54) is 85.0 Å². The second-order valence-electron chi connectivity index (χ2n) is 6.35. The number of benzene rings is 1. The molecule has 0 saturated heterocycles. The fourth-order valence-corrected chi connectivity index (χ4v) is 4.14. The predicted molar refractivity (Wildman–Crippen MR) is 99.9 cm³/mol. The molecule has 1 aromatic heterocycles. The Morgan fingerprint density at radius 3 is 2.27 bits per heavy atom. The normalized spacial score (nSPS) is 11.4. The molecule has 0 unspecified atom stereocenters. The number of hydrogen-bond donors (Lipinski definition) is 0. The standard InChI is InChI=1S/C20H31NS/c1-3-5-6-7-8-9-10-11-14-17-15-12-16-18-20(17)21-19(22-18)13-4-2/h12,15-16H,3-11,13-14H2,1-2H3. The second kappa shape index (κ2) is 9.99. The van der Waals surface area contributed by atoms with Gasteiger partial charge in [-0.25, -0.2) is 4.98 Å². The Hall–Kier alpha value is -0.890. The molecule has 0 bridgehead atoms. The Morgan fingerprint density at radius 1 is 0.818 bits per heavy atom. The number of thiazole rings is 1. The van der Waals surface area contributed by atoms with Crippen molar-refractivity contribution in [3.63, 3.8) is 0 Å². The zero-order valence-electron chi connectivity index (χ0n) is 14.4. The van der Waals surface area contributed by atoms with Gasteiger partial charge in [0.1, 0.15) is 0 Å². The first-order chi connectivity index (χ1) is 10.8. The maximum Gasteiger partial charge on any atom is 0.0938 e. The minimum absolute atomic E-state index is 1.12. The lowest BCUT2D eigenvalue weighted by Crippen LogP contribution is -1.89. The van der Waals surface area contributed by atoms with E-state index in [0.717, 1.165) is 6.42 Å². The molecule has 0 fully saturated rings. The molecule has 1 heterocycles. The third-order valence-electron chi connectivity index (χ3n) is 4.31. The molecule has 0 spiro atoms. The van der Waals surface area contributed by atoms with Crippen LogP contribution < -0.4 is 0 Å². The van der Waals surface area contributed by atoms with Gasteiger partial charge < -0.3 is 0 Å². The lowest BCUT2D eigenvalue weighted by molar-refractivity contribution is 0.576. The highest BCUT2D eigenvalue weighted by atomic mass is 32.1. The molecule has 0 aliphatic rings. The fourth-order valence-electron chi connectivity index (χ4n) is 3.02. The van der Waals surface area contributed by atoms with Gasteiger partial charge in [-0.05, 0) is 37.3 Å². The molecule has 2 rings (SSSR count). The third-order valence-corrected chi connectivity index (χ3v) is 5.39. The van der Waals surface area contributed by atoms with Crippen molar-refractivity contribution < 1.29 is 0 Å². The molecular formula is C20H31NS. The number of aromatic nitrogens is 1. The monoisotopic (exact) mass is 317 g/mol. The van der Waals surface area contributed by atoms with E-state index in [2.05, 4.69) is 32.0 Å². The summed E-state index contributed by atoms with van der Waals surface area (Å²) in [4.78, 5) is 4.87. The van der Waals surface area contributed by atoms with Crippen molar-refractivity contribution in [2.24, 2.45) is 0 Å². The number of aryl methyl sites for hydroxylation is 2. The lowest BCUT2D eigenvalue weighted by atomic mass is 10.0. The Labute approximate surface area is 140 Å². The van der Waals surface area contributed by atoms with Crippen molar-refractivity contribution in [3.05, 3.63) is 28.8 Å². The van der Waals surface area contributed by atoms with Gasteiger partial charge in [0.05, 0.1) is 15.2 Å². The summed E-state index contributed by atoms with van der Waals surface area (Å²) in [5.41, 5.74) is 2.74. The number of unbranched alkanes of at least 4 members (excludes halogenated alkanes) is 7. The van der Waals surface area contributed by atoms with Gasteiger partial charge in [-0.1, -0.05) is 70.9 Å². The Morgan fingerprint density at radius 2 is 1.55 bits per heavy atom. The van der Waals surface area contributed by atoms with Crippen LogP contribution in [0, 0.1) is 0 Å². The van der Waals surface area contributed by atoms with Gasteiger partial charge in [0.25, 0.3) is 0 Å². The molecule has 122 valence electrons. The summed E-state index contributed by atoms with van der Waals surface area (Å²) >= 11 is 1.88. The van der Waals surface area contributed by atoms with Gasteiger partial charge in [0, 0.05) is 0 Å². The smallest absolute Gasteiger partial charge is 0.0938 e. The van der Waals surface area contributed by atoms with Crippen LogP contribution in [0.15, 0.2) is 18.2 Å². The summed E-state index contributed by atoms with van der Waals surface area (Å²) < 4.78 is 1.38. The fraction of sp³-hybridized carbons (Fsp3) is 0.650. The van der Waals surface area contributed by atoms with Crippen LogP contribution >= 0.6 is 11.3 Å². The van der Waals surface area contributed by atoms with E-state index in [1.807, 2.05) is 11.3 Å². The average Bonchev–Trinajstić information content (AvgIpc) is 2.93. The van der Waals surface area contributed by atoms with Crippen LogP contribution in [0.4, 0.5) is 0 Å². The van der Waals surface area contributed by atoms with E-state index in [-0.39, 0.29) is 0 Å². The van der Waals surface area contributed by atoms with E-state index in [1.54, 1.807) is 0 Å². The molecule has 1 nitrogen and oxygen atoms in total. The van der Waals surface area contributed by atoms with Crippen LogP contribution in [0.5, 0.6) is 0 Å². The highest BCUT2D eigenvalue weighted by Crippen LogP contribution is 2.27. The van der Waals surface area contributed by atoms with Crippen LogP contribution in [0.3, 0.4) is 0 Å². The van der Waals surface area contributed by atoms with E-state index < -0.39 is 0 Å². The first-order valence-corrected chi connectivity index (χ1v) is 10.0. The van der Waals surface area contributed by atoms with Crippen molar-refractivity contribution in [3.8, 4) is 0 Å². The molecule has 0 saturated carbocycles. The number of para-hydroxylation sites is 1. The van der Waals surface area contributed by atoms with Crippen molar-refractivity contribution in [1.29, 1.82) is 0 Å². The minimum Gasteiger partial charge on any atom is -0.241 e. The summed E-state index contributed by atoms with van der Waals surface area (Å²) in [5, 5.41) is 1.31. The Kier molecular flexibility index (Phi) is 7.93. The molecule has 0 N–H and O–H groups in total. The first kappa shape index (κ1) is 17.5. The van der Waals surface area contributed by atoms with Gasteiger partial charge in [0.15, 0.2) is 0 Å². The number of nitrogens with zero attached hydrogens (tertiary/aromatic N) is 1. The molecule has 0 radical (unpaired) electrons. The zero-order valence-corrected chi connectivity index (χ0v) is 15.2. The maximum absolute atomic E-state index is 4.87. The molecule has 2 heteroatoms. The summed E-state index contributed by atoms with van der Waals surface area (Å²) in [6.45, 7) is 4.51. The molecule has 1 aromatic carbocycles. The van der Waals surface area contributed by atoms with Crippen molar-refractivity contribution >= 4 is 21.6 Å². The lowest BCUT2D eigenvalue weighted by Gasteiger charge is -2.03. The van der Waals surface area contributed by atoms with E-state index in [0.29, 0.717) is 0 Å². The molecule has 0 amide bonds. The van der Waals surface area contributed by atoms with Gasteiger partial charge >= 0.3 is 0 Å². The Balaban J connectivity index is 1.76. The predicted octanol–water partition coefficient (Wildman–Crippen LogP) is 6.93. The van der Waals surface area contributed by atoms with Crippen molar-refractivity contribution in [1.82, 2.24) is 4.98 Å². The molecule has 0 aliphatic carbocycles. The Bertz CT molecular complexity index is 544. The van der Waals surface area contributed by atoms with Crippen molar-refractivity contribution in [2.75, 3.05) is 0 Å². The van der Waals surface area contributed by atoms with E-state index in [9.17, 15) is 0 Å². The van der Waals surface area contributed by atoms with Gasteiger partial charge in [-0.15, -0.1) is 11.3 Å². The van der Waals surface area contributed by atoms with Crippen LogP contribution in [-0.4, -0.2) is 4.98 Å². The van der Waals surface area contributed by atoms with E-state index in [4.69, 9.17) is 4.98 Å². The molecule has 22 heavy (non-hydrogen) atoms. The number of fused-ring (bicyclic) bond motifs is 1. The van der Waals surface area contributed by atoms with Gasteiger partial charge in [0.2, 0.25) is 0 Å². The van der Waals surface area contributed by atoms with Crippen LogP contribution in [-0.2, 0) is 12.8 Å². The third kappa shape index (κ3) is 5.39. The number of rotatable bonds is 11. The summed E-state index contributed by atoms with van der Waals surface area (Å²) in [7, 11) is 0. The summed E-state index contributed by atoms with van der Waals surface area (Å²) in [6.07, 6.45) is 14.6. The zero-order chi connectivity index (χ0) is 15.6. The van der Waals surface area contributed by atoms with Crippen molar-refractivity contribution in [2.45, 2.75) is 84.5 Å². The topological polar surface area (TPSA) is 12.9 Å². The highest BCUT2D eigenvalue weighted by Gasteiger charge is 2.07. The highest BCUT2D eigenvalue weighted by molar-refractivity contribution is 7.18. The quantitative estimate of drug-likeness (QED) is 0.409. The molecule has 0 atom stereocenters. The second-order valence-corrected chi connectivity index (χ2v) is 7.46. The minimum atomic E-state index is 1.12. The number of hydrogen-bond acceptors (Lipinski definition) is 2. The summed E-state index contributed by atoms with van der Waals surface area (Å²) in [6, 6.07) is 6.71. The van der Waals surface area contributed by atoms with E-state index >= 15 is 0 Å². The molecule has 2 aromatic rings. The van der Waals surface area contributed by atoms with Gasteiger partial charge in [-0.3, -0.25) is 0 Å². The van der Waals surface area contributed by atoms with Crippen LogP contribution in [0.25, 0.3) is 10.2 Å². The molecular weight excluding hydrogens is 286 g/mol. The molecule has 0 aliphatic heterocycles. The maximum atomic E-state index is 4.87. The van der Waals surface area contributed by atoms with Crippen LogP contribution in [0.2, 0.25) is 0 Å². The first-order valence-electron chi connectivity index (χ1n) is 9.22. The summed E-state index contributed by atoms with van der Waals surface area (Å²) in [5.74, 6) is 0. The largest absolute Gasteiger partial charge is 0.241 e.